The first-order valence-corrected chi connectivity index (χ1v) is 12.5. The van der Waals surface area contributed by atoms with Gasteiger partial charge in [-0.25, -0.2) is 9.79 Å². The molecule has 9 heteroatoms. The number of hydrogen-bond donors (Lipinski definition) is 0. The number of esters is 2. The molecule has 0 unspecified atom stereocenters. The average molecular weight is 519 g/mol. The Labute approximate surface area is 217 Å². The fourth-order valence-electron chi connectivity index (χ4n) is 3.96. The number of nitrogens with zero attached hydrogens (tertiary/aromatic N) is 2. The van der Waals surface area contributed by atoms with Crippen LogP contribution in [0.3, 0.4) is 0 Å². The average Bonchev–Trinajstić information content (AvgIpc) is 3.17. The van der Waals surface area contributed by atoms with Crippen molar-refractivity contribution in [1.29, 1.82) is 0 Å². The summed E-state index contributed by atoms with van der Waals surface area (Å²) in [6.07, 6.45) is 3.40. The van der Waals surface area contributed by atoms with Gasteiger partial charge in [0.15, 0.2) is 4.80 Å². The molecule has 8 nitrogen and oxygen atoms in total. The van der Waals surface area contributed by atoms with Crippen LogP contribution in [-0.4, -0.2) is 29.7 Å². The van der Waals surface area contributed by atoms with Crippen molar-refractivity contribution in [3.05, 3.63) is 103 Å². The number of allylic oxidation sites excluding steroid dienone is 1. The summed E-state index contributed by atoms with van der Waals surface area (Å²) in [6.45, 7) is 9.02. The van der Waals surface area contributed by atoms with E-state index >= 15 is 0 Å². The molecule has 0 fully saturated rings. The quantitative estimate of drug-likeness (QED) is 0.258. The number of ether oxygens (including phenoxy) is 3. The van der Waals surface area contributed by atoms with Crippen LogP contribution in [0.5, 0.6) is 11.5 Å². The molecule has 1 aliphatic rings. The molecule has 0 amide bonds. The Bertz CT molecular complexity index is 1550. The zero-order valence-corrected chi connectivity index (χ0v) is 21.5. The molecule has 1 aromatic heterocycles. The Morgan fingerprint density at radius 3 is 2.41 bits per heavy atom. The molecule has 1 atom stereocenters. The van der Waals surface area contributed by atoms with Crippen molar-refractivity contribution in [2.24, 2.45) is 4.99 Å². The van der Waals surface area contributed by atoms with Crippen LogP contribution in [0.4, 0.5) is 0 Å². The number of hydrogen-bond acceptors (Lipinski definition) is 8. The summed E-state index contributed by atoms with van der Waals surface area (Å²) in [5, 5.41) is 0. The summed E-state index contributed by atoms with van der Waals surface area (Å²) in [5.41, 5.74) is 2.00. The minimum absolute atomic E-state index is 0.199. The van der Waals surface area contributed by atoms with Crippen molar-refractivity contribution in [3.8, 4) is 11.5 Å². The Hall–Kier alpha value is -4.24. The molecule has 0 aliphatic carbocycles. The molecule has 190 valence electrons. The van der Waals surface area contributed by atoms with Gasteiger partial charge in [0.2, 0.25) is 0 Å². The van der Waals surface area contributed by atoms with Crippen LogP contribution < -0.4 is 24.4 Å². The van der Waals surface area contributed by atoms with Gasteiger partial charge in [0.1, 0.15) is 18.1 Å². The van der Waals surface area contributed by atoms with E-state index in [0.29, 0.717) is 38.7 Å². The monoisotopic (exact) mass is 518 g/mol. The second-order valence-corrected chi connectivity index (χ2v) is 9.14. The van der Waals surface area contributed by atoms with Gasteiger partial charge in [-0.15, -0.1) is 0 Å². The molecule has 0 bridgehead atoms. The smallest absolute Gasteiger partial charge is 0.338 e. The highest BCUT2D eigenvalue weighted by Gasteiger charge is 2.33. The van der Waals surface area contributed by atoms with Crippen molar-refractivity contribution in [1.82, 2.24) is 4.57 Å². The Balaban J connectivity index is 1.82. The van der Waals surface area contributed by atoms with Gasteiger partial charge in [-0.05, 0) is 55.3 Å². The highest BCUT2D eigenvalue weighted by Crippen LogP contribution is 2.31. The predicted octanol–water partition coefficient (Wildman–Crippen LogP) is 3.29. The Kier molecular flexibility index (Phi) is 7.83. The minimum Gasteiger partial charge on any atom is -0.490 e. The number of carbonyl (C=O) groups excluding carboxylic acids is 2. The molecule has 0 N–H and O–H groups in total. The number of rotatable bonds is 8. The lowest BCUT2D eigenvalue weighted by molar-refractivity contribution is -0.139. The third-order valence-electron chi connectivity index (χ3n) is 5.52. The van der Waals surface area contributed by atoms with Crippen LogP contribution in [0.2, 0.25) is 0 Å². The minimum atomic E-state index is -0.711. The number of fused-ring (bicyclic) bond motifs is 1. The van der Waals surface area contributed by atoms with Crippen LogP contribution in [0, 0.1) is 0 Å². The van der Waals surface area contributed by atoms with Gasteiger partial charge in [-0.2, -0.15) is 0 Å². The lowest BCUT2D eigenvalue weighted by Gasteiger charge is -2.24. The largest absolute Gasteiger partial charge is 0.490 e. The second-order valence-electron chi connectivity index (χ2n) is 8.13. The van der Waals surface area contributed by atoms with Gasteiger partial charge in [-0.3, -0.25) is 14.2 Å². The number of aromatic nitrogens is 1. The summed E-state index contributed by atoms with van der Waals surface area (Å²) in [7, 11) is 0. The van der Waals surface area contributed by atoms with Gasteiger partial charge in [-0.1, -0.05) is 48.3 Å². The van der Waals surface area contributed by atoms with Gasteiger partial charge in [0.25, 0.3) is 5.56 Å². The molecular weight excluding hydrogens is 492 g/mol. The zero-order chi connectivity index (χ0) is 26.5. The summed E-state index contributed by atoms with van der Waals surface area (Å²) in [6, 6.07) is 13.3. The van der Waals surface area contributed by atoms with E-state index in [2.05, 4.69) is 11.6 Å². The van der Waals surface area contributed by atoms with Crippen LogP contribution in [0.1, 0.15) is 37.9 Å². The number of thiazole rings is 1. The fraction of sp³-hybridized carbons (Fsp3) is 0.214. The standard InChI is InChI=1S/C28H26N2O6S/c1-5-15-35-21-13-9-20(10-14-21)25-24(27(33)34-6-2)17(3)29-28-30(25)26(32)23(37-28)16-19-7-11-22(12-8-19)36-18(4)31/h5,7-14,16,25H,1,6,15H2,2-4H3/t25-/m1/s1. The van der Waals surface area contributed by atoms with Crippen molar-refractivity contribution < 1.29 is 23.8 Å². The maximum absolute atomic E-state index is 13.7. The SMILES string of the molecule is C=CCOc1ccc([C@@H]2C(C(=O)OCC)=C(C)N=c3sc(=Cc4ccc(OC(C)=O)cc4)c(=O)n32)cc1. The molecule has 1 aliphatic heterocycles. The maximum Gasteiger partial charge on any atom is 0.338 e. The molecule has 0 radical (unpaired) electrons. The van der Waals surface area contributed by atoms with Crippen molar-refractivity contribution in [3.63, 3.8) is 0 Å². The van der Waals surface area contributed by atoms with E-state index in [9.17, 15) is 14.4 Å². The van der Waals surface area contributed by atoms with E-state index in [1.54, 1.807) is 62.4 Å². The molecule has 0 saturated carbocycles. The molecule has 0 spiro atoms. The van der Waals surface area contributed by atoms with Gasteiger partial charge in [0, 0.05) is 6.92 Å². The van der Waals surface area contributed by atoms with Gasteiger partial charge in [0.05, 0.1) is 28.5 Å². The normalized spacial score (nSPS) is 15.0. The first-order chi connectivity index (χ1) is 17.8. The van der Waals surface area contributed by atoms with E-state index in [4.69, 9.17) is 14.2 Å². The van der Waals surface area contributed by atoms with E-state index in [1.807, 2.05) is 12.1 Å². The highest BCUT2D eigenvalue weighted by molar-refractivity contribution is 7.07. The molecule has 2 heterocycles. The predicted molar refractivity (Wildman–Crippen MR) is 140 cm³/mol. The number of benzene rings is 2. The van der Waals surface area contributed by atoms with Crippen LogP contribution in [0.25, 0.3) is 6.08 Å². The topological polar surface area (TPSA) is 96.2 Å². The van der Waals surface area contributed by atoms with Gasteiger partial charge >= 0.3 is 11.9 Å². The van der Waals surface area contributed by atoms with Crippen molar-refractivity contribution >= 4 is 29.4 Å². The van der Waals surface area contributed by atoms with Crippen LogP contribution >= 0.6 is 11.3 Å². The Morgan fingerprint density at radius 2 is 1.78 bits per heavy atom. The van der Waals surface area contributed by atoms with E-state index < -0.39 is 18.0 Å². The van der Waals surface area contributed by atoms with E-state index in [0.717, 1.165) is 11.1 Å². The van der Waals surface area contributed by atoms with Crippen molar-refractivity contribution in [2.75, 3.05) is 13.2 Å². The second kappa shape index (κ2) is 11.2. The molecular formula is C28H26N2O6S. The van der Waals surface area contributed by atoms with E-state index in [1.165, 1.54) is 22.8 Å². The molecule has 0 saturated heterocycles. The van der Waals surface area contributed by atoms with Crippen LogP contribution in [-0.2, 0) is 14.3 Å². The maximum atomic E-state index is 13.7. The molecule has 37 heavy (non-hydrogen) atoms. The summed E-state index contributed by atoms with van der Waals surface area (Å²) in [5.74, 6) is 0.137. The first kappa shape index (κ1) is 25.8. The summed E-state index contributed by atoms with van der Waals surface area (Å²) in [4.78, 5) is 42.9. The third-order valence-corrected chi connectivity index (χ3v) is 6.50. The van der Waals surface area contributed by atoms with Crippen molar-refractivity contribution in [2.45, 2.75) is 26.8 Å². The first-order valence-electron chi connectivity index (χ1n) is 11.6. The summed E-state index contributed by atoms with van der Waals surface area (Å²) < 4.78 is 18.0. The molecule has 4 rings (SSSR count). The van der Waals surface area contributed by atoms with Crippen LogP contribution in [0.15, 0.2) is 82.2 Å². The lowest BCUT2D eigenvalue weighted by Crippen LogP contribution is -2.39. The third kappa shape index (κ3) is 5.62. The lowest BCUT2D eigenvalue weighted by atomic mass is 9.96. The number of carbonyl (C=O) groups is 2. The Morgan fingerprint density at radius 1 is 1.11 bits per heavy atom. The van der Waals surface area contributed by atoms with E-state index in [-0.39, 0.29) is 12.2 Å². The van der Waals surface area contributed by atoms with Gasteiger partial charge < -0.3 is 14.2 Å². The highest BCUT2D eigenvalue weighted by atomic mass is 32.1. The zero-order valence-electron chi connectivity index (χ0n) is 20.7. The molecule has 3 aromatic rings. The summed E-state index contributed by atoms with van der Waals surface area (Å²) >= 11 is 1.24. The fourth-order valence-corrected chi connectivity index (χ4v) is 5.00. The molecule has 2 aromatic carbocycles.